The SMILES string of the molecule is CN1CCCN(c2ccc(NC(=O)[C@@H]3Cc4ccccc4CN3C(=O)Nc3ccc(Cl)cc3)cc2)CC1. The number of benzene rings is 3. The maximum atomic E-state index is 13.5. The number of anilines is 3. The Kier molecular flexibility index (Phi) is 7.63. The van der Waals surface area contributed by atoms with Crippen molar-refractivity contribution in [2.75, 3.05) is 48.8 Å². The van der Waals surface area contributed by atoms with Gasteiger partial charge in [0.1, 0.15) is 6.04 Å². The standard InChI is InChI=1S/C29H32ClN5O2/c1-33-15-4-16-34(18-17-33)26-13-11-24(12-14-26)31-28(36)27-19-21-5-2-3-6-22(21)20-35(27)29(37)32-25-9-7-23(30)8-10-25/h2-3,5-14,27H,4,15-20H2,1H3,(H,31,36)(H,32,37)/t27-/m0/s1. The highest BCUT2D eigenvalue weighted by Crippen LogP contribution is 2.26. The smallest absolute Gasteiger partial charge is 0.322 e. The van der Waals surface area contributed by atoms with E-state index in [4.69, 9.17) is 11.6 Å². The van der Waals surface area contributed by atoms with Crippen LogP contribution in [0, 0.1) is 0 Å². The van der Waals surface area contributed by atoms with Gasteiger partial charge in [0.2, 0.25) is 5.91 Å². The summed E-state index contributed by atoms with van der Waals surface area (Å²) in [4.78, 5) is 33.1. The molecule has 0 radical (unpaired) electrons. The fourth-order valence-corrected chi connectivity index (χ4v) is 5.11. The molecule has 0 aromatic heterocycles. The number of amides is 3. The Hall–Kier alpha value is -3.55. The fourth-order valence-electron chi connectivity index (χ4n) is 4.99. The van der Waals surface area contributed by atoms with Crippen molar-refractivity contribution in [3.63, 3.8) is 0 Å². The largest absolute Gasteiger partial charge is 0.370 e. The molecule has 0 spiro atoms. The summed E-state index contributed by atoms with van der Waals surface area (Å²) in [5, 5.41) is 6.55. The van der Waals surface area contributed by atoms with E-state index in [2.05, 4.69) is 39.6 Å². The molecule has 3 amide bonds. The van der Waals surface area contributed by atoms with E-state index in [-0.39, 0.29) is 11.9 Å². The van der Waals surface area contributed by atoms with Gasteiger partial charge in [0.15, 0.2) is 0 Å². The predicted molar refractivity (Wildman–Crippen MR) is 149 cm³/mol. The van der Waals surface area contributed by atoms with E-state index in [0.717, 1.165) is 55.1 Å². The number of carbonyl (C=O) groups is 2. The second kappa shape index (κ2) is 11.2. The first-order chi connectivity index (χ1) is 18.0. The van der Waals surface area contributed by atoms with Gasteiger partial charge in [-0.15, -0.1) is 0 Å². The normalized spacial score (nSPS) is 18.1. The molecule has 3 aromatic rings. The van der Waals surface area contributed by atoms with Crippen molar-refractivity contribution < 1.29 is 9.59 Å². The molecule has 0 aliphatic carbocycles. The lowest BCUT2D eigenvalue weighted by Gasteiger charge is -2.36. The second-order valence-corrected chi connectivity index (χ2v) is 10.2. The minimum absolute atomic E-state index is 0.204. The Balaban J connectivity index is 1.30. The quantitative estimate of drug-likeness (QED) is 0.506. The first-order valence-electron chi connectivity index (χ1n) is 12.7. The van der Waals surface area contributed by atoms with Gasteiger partial charge in [0, 0.05) is 54.7 Å². The van der Waals surface area contributed by atoms with E-state index in [1.165, 1.54) is 0 Å². The lowest BCUT2D eigenvalue weighted by Crippen LogP contribution is -2.52. The first-order valence-corrected chi connectivity index (χ1v) is 13.1. The van der Waals surface area contributed by atoms with Crippen LogP contribution in [0.3, 0.4) is 0 Å². The molecule has 37 heavy (non-hydrogen) atoms. The van der Waals surface area contributed by atoms with Gasteiger partial charge in [0.05, 0.1) is 0 Å². The van der Waals surface area contributed by atoms with Gasteiger partial charge in [-0.1, -0.05) is 35.9 Å². The van der Waals surface area contributed by atoms with Crippen LogP contribution in [0.1, 0.15) is 17.5 Å². The average molecular weight is 518 g/mol. The van der Waals surface area contributed by atoms with Crippen LogP contribution in [0.5, 0.6) is 0 Å². The highest BCUT2D eigenvalue weighted by atomic mass is 35.5. The zero-order valence-corrected chi connectivity index (χ0v) is 21.7. The molecule has 1 fully saturated rings. The van der Waals surface area contributed by atoms with Crippen molar-refractivity contribution in [1.29, 1.82) is 0 Å². The van der Waals surface area contributed by atoms with Crippen molar-refractivity contribution in [2.24, 2.45) is 0 Å². The predicted octanol–water partition coefficient (Wildman–Crippen LogP) is 5.08. The number of fused-ring (bicyclic) bond motifs is 1. The van der Waals surface area contributed by atoms with E-state index in [0.29, 0.717) is 23.7 Å². The van der Waals surface area contributed by atoms with E-state index in [1.54, 1.807) is 29.2 Å². The molecule has 5 rings (SSSR count). The van der Waals surface area contributed by atoms with E-state index < -0.39 is 6.04 Å². The van der Waals surface area contributed by atoms with Crippen molar-refractivity contribution in [2.45, 2.75) is 25.4 Å². The Morgan fingerprint density at radius 2 is 1.49 bits per heavy atom. The molecule has 0 bridgehead atoms. The minimum Gasteiger partial charge on any atom is -0.370 e. The Morgan fingerprint density at radius 3 is 2.24 bits per heavy atom. The van der Waals surface area contributed by atoms with Crippen LogP contribution in [0.15, 0.2) is 72.8 Å². The topological polar surface area (TPSA) is 67.9 Å². The highest BCUT2D eigenvalue weighted by molar-refractivity contribution is 6.30. The molecule has 0 saturated carbocycles. The molecule has 2 heterocycles. The number of rotatable bonds is 4. The van der Waals surface area contributed by atoms with Gasteiger partial charge in [-0.3, -0.25) is 4.79 Å². The molecule has 2 aliphatic heterocycles. The van der Waals surface area contributed by atoms with Crippen LogP contribution in [0.25, 0.3) is 0 Å². The van der Waals surface area contributed by atoms with Gasteiger partial charge >= 0.3 is 6.03 Å². The molecule has 2 N–H and O–H groups in total. The zero-order valence-electron chi connectivity index (χ0n) is 21.0. The van der Waals surface area contributed by atoms with Crippen LogP contribution in [0.2, 0.25) is 5.02 Å². The second-order valence-electron chi connectivity index (χ2n) is 9.73. The molecule has 3 aromatic carbocycles. The number of hydrogen-bond donors (Lipinski definition) is 2. The zero-order chi connectivity index (χ0) is 25.8. The van der Waals surface area contributed by atoms with Crippen LogP contribution < -0.4 is 15.5 Å². The minimum atomic E-state index is -0.636. The van der Waals surface area contributed by atoms with Gasteiger partial charge in [0.25, 0.3) is 0 Å². The van der Waals surface area contributed by atoms with Crippen LogP contribution >= 0.6 is 11.6 Å². The van der Waals surface area contributed by atoms with E-state index in [9.17, 15) is 9.59 Å². The van der Waals surface area contributed by atoms with Crippen molar-refractivity contribution in [1.82, 2.24) is 9.80 Å². The molecular formula is C29H32ClN5O2. The van der Waals surface area contributed by atoms with Gasteiger partial charge in [-0.25, -0.2) is 4.79 Å². The van der Waals surface area contributed by atoms with Gasteiger partial charge < -0.3 is 25.3 Å². The Labute approximate surface area is 223 Å². The van der Waals surface area contributed by atoms with E-state index in [1.807, 2.05) is 36.4 Å². The molecule has 7 nitrogen and oxygen atoms in total. The molecule has 1 atom stereocenters. The first kappa shape index (κ1) is 25.1. The number of nitrogens with one attached hydrogen (secondary N) is 2. The van der Waals surface area contributed by atoms with E-state index >= 15 is 0 Å². The number of carbonyl (C=O) groups excluding carboxylic acids is 2. The van der Waals surface area contributed by atoms with Gasteiger partial charge in [-0.05, 0) is 79.7 Å². The molecule has 1 saturated heterocycles. The van der Waals surface area contributed by atoms with Crippen LogP contribution in [0.4, 0.5) is 21.9 Å². The monoisotopic (exact) mass is 517 g/mol. The molecule has 192 valence electrons. The summed E-state index contributed by atoms with van der Waals surface area (Å²) < 4.78 is 0. The van der Waals surface area contributed by atoms with Gasteiger partial charge in [-0.2, -0.15) is 0 Å². The fraction of sp³-hybridized carbons (Fsp3) is 0.310. The van der Waals surface area contributed by atoms with Crippen molar-refractivity contribution >= 4 is 40.6 Å². The molecule has 8 heteroatoms. The lowest BCUT2D eigenvalue weighted by atomic mass is 9.93. The number of hydrogen-bond acceptors (Lipinski definition) is 4. The summed E-state index contributed by atoms with van der Waals surface area (Å²) in [5.74, 6) is -0.204. The summed E-state index contributed by atoms with van der Waals surface area (Å²) >= 11 is 5.98. The molecule has 2 aliphatic rings. The third kappa shape index (κ3) is 6.06. The summed E-state index contributed by atoms with van der Waals surface area (Å²) in [6.07, 6.45) is 1.58. The van der Waals surface area contributed by atoms with Crippen molar-refractivity contribution in [3.05, 3.63) is 88.9 Å². The lowest BCUT2D eigenvalue weighted by molar-refractivity contribution is -0.120. The third-order valence-corrected chi connectivity index (χ3v) is 7.38. The Bertz CT molecular complexity index is 1250. The number of urea groups is 1. The summed E-state index contributed by atoms with van der Waals surface area (Å²) in [6.45, 7) is 4.51. The maximum absolute atomic E-state index is 13.5. The summed E-state index contributed by atoms with van der Waals surface area (Å²) in [6, 6.07) is 21.9. The van der Waals surface area contributed by atoms with Crippen LogP contribution in [-0.2, 0) is 17.8 Å². The number of halogens is 1. The third-order valence-electron chi connectivity index (χ3n) is 7.13. The summed E-state index contributed by atoms with van der Waals surface area (Å²) in [5.41, 5.74) is 4.63. The molecule has 0 unspecified atom stereocenters. The Morgan fingerprint density at radius 1 is 0.811 bits per heavy atom. The van der Waals surface area contributed by atoms with Crippen molar-refractivity contribution in [3.8, 4) is 0 Å². The molecular weight excluding hydrogens is 486 g/mol. The highest BCUT2D eigenvalue weighted by Gasteiger charge is 2.34. The average Bonchev–Trinajstić information content (AvgIpc) is 3.14. The summed E-state index contributed by atoms with van der Waals surface area (Å²) in [7, 11) is 2.16. The van der Waals surface area contributed by atoms with Crippen LogP contribution in [-0.4, -0.2) is 61.0 Å². The number of nitrogens with zero attached hydrogens (tertiary/aromatic N) is 3. The number of likely N-dealkylation sites (N-methyl/N-ethyl adjacent to an activating group) is 1. The maximum Gasteiger partial charge on any atom is 0.322 e.